The van der Waals surface area contributed by atoms with E-state index < -0.39 is 0 Å². The van der Waals surface area contributed by atoms with Crippen LogP contribution in [-0.2, 0) is 0 Å². The van der Waals surface area contributed by atoms with Gasteiger partial charge in [0.25, 0.3) is 0 Å². The Morgan fingerprint density at radius 3 is 2.62 bits per heavy atom. The third kappa shape index (κ3) is 2.04. The fourth-order valence-electron chi connectivity index (χ4n) is 1.54. The van der Waals surface area contributed by atoms with E-state index >= 15 is 0 Å². The van der Waals surface area contributed by atoms with Crippen LogP contribution in [0.2, 0.25) is 0 Å². The normalized spacial score (nSPS) is 10.1. The van der Waals surface area contributed by atoms with Crippen LogP contribution in [0.3, 0.4) is 0 Å². The largest absolute Gasteiger partial charge is 0.287 e. The molecule has 0 unspecified atom stereocenters. The quantitative estimate of drug-likeness (QED) is 0.787. The number of rotatable bonds is 2. The van der Waals surface area contributed by atoms with Crippen molar-refractivity contribution in [2.45, 2.75) is 6.92 Å². The molecule has 0 aliphatic rings. The van der Waals surface area contributed by atoms with Gasteiger partial charge in [-0.3, -0.25) is 9.78 Å². The molecule has 0 saturated carbocycles. The fourth-order valence-corrected chi connectivity index (χ4v) is 2.19. The minimum atomic E-state index is -0.0504. The minimum Gasteiger partial charge on any atom is -0.287 e. The van der Waals surface area contributed by atoms with E-state index in [4.69, 9.17) is 0 Å². The molecule has 80 valence electrons. The number of aromatic nitrogens is 1. The lowest BCUT2D eigenvalue weighted by Crippen LogP contribution is -2.06. The van der Waals surface area contributed by atoms with E-state index in [1.807, 2.05) is 31.2 Å². The molecule has 1 aromatic carbocycles. The Morgan fingerprint density at radius 2 is 2.00 bits per heavy atom. The average molecular weight is 276 g/mol. The van der Waals surface area contributed by atoms with Crippen molar-refractivity contribution >= 4 is 21.7 Å². The molecule has 0 aliphatic heterocycles. The molecule has 0 fully saturated rings. The Balaban J connectivity index is 2.50. The molecule has 0 amide bonds. The smallest absolute Gasteiger partial charge is 0.212 e. The molecular formula is C13H10BrNO. The first-order chi connectivity index (χ1) is 7.70. The van der Waals surface area contributed by atoms with E-state index in [0.29, 0.717) is 11.3 Å². The highest BCUT2D eigenvalue weighted by Gasteiger charge is 2.15. The molecule has 0 spiro atoms. The molecule has 1 aromatic heterocycles. The number of hydrogen-bond donors (Lipinski definition) is 0. The van der Waals surface area contributed by atoms with E-state index in [-0.39, 0.29) is 5.78 Å². The molecule has 1 heterocycles. The Labute approximate surface area is 102 Å². The summed E-state index contributed by atoms with van der Waals surface area (Å²) in [5, 5.41) is 0. The second kappa shape index (κ2) is 4.58. The number of halogens is 1. The van der Waals surface area contributed by atoms with Crippen molar-refractivity contribution < 1.29 is 4.79 Å². The zero-order valence-electron chi connectivity index (χ0n) is 8.77. The molecule has 0 radical (unpaired) electrons. The number of carbonyl (C=O) groups excluding carboxylic acids is 1. The number of aryl methyl sites for hydroxylation is 1. The second-order valence-corrected chi connectivity index (χ2v) is 4.33. The van der Waals surface area contributed by atoms with Crippen LogP contribution in [0.5, 0.6) is 0 Å². The van der Waals surface area contributed by atoms with Crippen molar-refractivity contribution in [1.29, 1.82) is 0 Å². The van der Waals surface area contributed by atoms with Gasteiger partial charge in [-0.15, -0.1) is 0 Å². The molecule has 2 aromatic rings. The standard InChI is InChI=1S/C13H10BrNO/c1-9-5-4-6-10(14)12(9)13(16)11-7-2-3-8-15-11/h2-8H,1H3. The van der Waals surface area contributed by atoms with Crippen LogP contribution in [0.4, 0.5) is 0 Å². The van der Waals surface area contributed by atoms with Gasteiger partial charge in [-0.1, -0.05) is 34.1 Å². The second-order valence-electron chi connectivity index (χ2n) is 3.48. The van der Waals surface area contributed by atoms with Crippen molar-refractivity contribution in [3.05, 3.63) is 63.9 Å². The van der Waals surface area contributed by atoms with Crippen LogP contribution in [-0.4, -0.2) is 10.8 Å². The zero-order valence-corrected chi connectivity index (χ0v) is 10.4. The predicted octanol–water partition coefficient (Wildman–Crippen LogP) is 3.38. The highest BCUT2D eigenvalue weighted by molar-refractivity contribution is 9.10. The van der Waals surface area contributed by atoms with Crippen molar-refractivity contribution in [2.24, 2.45) is 0 Å². The Kier molecular flexibility index (Phi) is 3.15. The fraction of sp³-hybridized carbons (Fsp3) is 0.0769. The van der Waals surface area contributed by atoms with Gasteiger partial charge in [0.2, 0.25) is 5.78 Å². The number of benzene rings is 1. The first-order valence-corrected chi connectivity index (χ1v) is 5.70. The van der Waals surface area contributed by atoms with Crippen molar-refractivity contribution in [2.75, 3.05) is 0 Å². The summed E-state index contributed by atoms with van der Waals surface area (Å²) in [6.07, 6.45) is 1.62. The summed E-state index contributed by atoms with van der Waals surface area (Å²) >= 11 is 3.40. The number of ketones is 1. The molecule has 2 nitrogen and oxygen atoms in total. The van der Waals surface area contributed by atoms with Crippen molar-refractivity contribution in [3.63, 3.8) is 0 Å². The molecule has 16 heavy (non-hydrogen) atoms. The van der Waals surface area contributed by atoms with Gasteiger partial charge < -0.3 is 0 Å². The maximum absolute atomic E-state index is 12.2. The lowest BCUT2D eigenvalue weighted by molar-refractivity contribution is 0.103. The first kappa shape index (κ1) is 11.0. The molecule has 0 N–H and O–H groups in total. The SMILES string of the molecule is Cc1cccc(Br)c1C(=O)c1ccccn1. The van der Waals surface area contributed by atoms with Crippen molar-refractivity contribution in [1.82, 2.24) is 4.98 Å². The predicted molar refractivity (Wildman–Crippen MR) is 66.5 cm³/mol. The summed E-state index contributed by atoms with van der Waals surface area (Å²) in [5.74, 6) is -0.0504. The van der Waals surface area contributed by atoms with Crippen LogP contribution in [0.15, 0.2) is 47.1 Å². The topological polar surface area (TPSA) is 30.0 Å². The molecule has 0 saturated heterocycles. The third-order valence-electron chi connectivity index (χ3n) is 2.35. The first-order valence-electron chi connectivity index (χ1n) is 4.91. The number of nitrogens with zero attached hydrogens (tertiary/aromatic N) is 1. The highest BCUT2D eigenvalue weighted by Crippen LogP contribution is 2.22. The molecular weight excluding hydrogens is 266 g/mol. The number of pyridine rings is 1. The van der Waals surface area contributed by atoms with Crippen LogP contribution < -0.4 is 0 Å². The number of hydrogen-bond acceptors (Lipinski definition) is 2. The highest BCUT2D eigenvalue weighted by atomic mass is 79.9. The van der Waals surface area contributed by atoms with Gasteiger partial charge in [0.15, 0.2) is 0 Å². The summed E-state index contributed by atoms with van der Waals surface area (Å²) in [7, 11) is 0. The van der Waals surface area contributed by atoms with Gasteiger partial charge in [-0.25, -0.2) is 0 Å². The minimum absolute atomic E-state index is 0.0504. The van der Waals surface area contributed by atoms with E-state index in [0.717, 1.165) is 10.0 Å². The van der Waals surface area contributed by atoms with Crippen LogP contribution in [0.1, 0.15) is 21.6 Å². The molecule has 2 rings (SSSR count). The van der Waals surface area contributed by atoms with Gasteiger partial charge in [-0.2, -0.15) is 0 Å². The summed E-state index contributed by atoms with van der Waals surface area (Å²) in [6, 6.07) is 11.0. The Morgan fingerprint density at radius 1 is 1.19 bits per heavy atom. The molecule has 0 atom stereocenters. The van der Waals surface area contributed by atoms with Gasteiger partial charge >= 0.3 is 0 Å². The van der Waals surface area contributed by atoms with Gasteiger partial charge in [0.1, 0.15) is 5.69 Å². The molecule has 3 heteroatoms. The summed E-state index contributed by atoms with van der Waals surface area (Å²) < 4.78 is 0.808. The van der Waals surface area contributed by atoms with E-state index in [1.165, 1.54) is 0 Å². The van der Waals surface area contributed by atoms with E-state index in [1.54, 1.807) is 18.3 Å². The van der Waals surface area contributed by atoms with E-state index in [2.05, 4.69) is 20.9 Å². The Hall–Kier alpha value is -1.48. The molecule has 0 aliphatic carbocycles. The van der Waals surface area contributed by atoms with Crippen LogP contribution in [0.25, 0.3) is 0 Å². The van der Waals surface area contributed by atoms with Crippen LogP contribution in [0, 0.1) is 6.92 Å². The average Bonchev–Trinajstić information content (AvgIpc) is 2.30. The van der Waals surface area contributed by atoms with Crippen LogP contribution >= 0.6 is 15.9 Å². The summed E-state index contributed by atoms with van der Waals surface area (Å²) in [5.41, 5.74) is 2.10. The summed E-state index contributed by atoms with van der Waals surface area (Å²) in [4.78, 5) is 16.3. The monoisotopic (exact) mass is 275 g/mol. The maximum Gasteiger partial charge on any atom is 0.212 e. The lowest BCUT2D eigenvalue weighted by atomic mass is 10.0. The molecule has 0 bridgehead atoms. The number of carbonyl (C=O) groups is 1. The Bertz CT molecular complexity index is 502. The summed E-state index contributed by atoms with van der Waals surface area (Å²) in [6.45, 7) is 1.92. The third-order valence-corrected chi connectivity index (χ3v) is 3.01. The maximum atomic E-state index is 12.2. The van der Waals surface area contributed by atoms with Gasteiger partial charge in [0, 0.05) is 16.2 Å². The van der Waals surface area contributed by atoms with Gasteiger partial charge in [-0.05, 0) is 30.7 Å². The lowest BCUT2D eigenvalue weighted by Gasteiger charge is -2.06. The van der Waals surface area contributed by atoms with E-state index in [9.17, 15) is 4.79 Å². The zero-order chi connectivity index (χ0) is 11.5. The van der Waals surface area contributed by atoms with Gasteiger partial charge in [0.05, 0.1) is 0 Å². The van der Waals surface area contributed by atoms with Crippen molar-refractivity contribution in [3.8, 4) is 0 Å².